The maximum atomic E-state index is 4.58. The molecule has 0 bridgehead atoms. The highest BCUT2D eigenvalue weighted by Gasteiger charge is 1.61. The van der Waals surface area contributed by atoms with Gasteiger partial charge in [0.2, 0.25) is 0 Å². The van der Waals surface area contributed by atoms with Gasteiger partial charge in [-0.05, 0) is 20.9 Å². The number of ether oxygens (including phenoxy) is 3. The Balaban J connectivity index is -0.000000117. The number of hydrogen-bond donors (Lipinski definition) is 1. The molecule has 0 fully saturated rings. The molecule has 0 atom stereocenters. The molecule has 0 saturated heterocycles. The van der Waals surface area contributed by atoms with Gasteiger partial charge in [0.05, 0.1) is 6.73 Å². The molecular weight excluding hydrogens is 170 g/mol. The number of nitrogens with one attached hydrogen (secondary N) is 1. The minimum atomic E-state index is 0.639. The Kier molecular flexibility index (Phi) is 42.5. The van der Waals surface area contributed by atoms with E-state index in [1.807, 2.05) is 20.9 Å². The Bertz CT molecular complexity index is 44.1. The van der Waals surface area contributed by atoms with Gasteiger partial charge in [-0.1, -0.05) is 0 Å². The van der Waals surface area contributed by atoms with Gasteiger partial charge in [0.25, 0.3) is 0 Å². The lowest BCUT2D eigenvalue weighted by atomic mass is 10.9. The van der Waals surface area contributed by atoms with Crippen molar-refractivity contribution in [3.05, 3.63) is 0 Å². The molecular formula is C9H25NO3. The van der Waals surface area contributed by atoms with E-state index in [9.17, 15) is 0 Å². The summed E-state index contributed by atoms with van der Waals surface area (Å²) in [7, 11) is 6.85. The van der Waals surface area contributed by atoms with Crippen LogP contribution in [0, 0.1) is 0 Å². The van der Waals surface area contributed by atoms with Gasteiger partial charge in [-0.3, -0.25) is 5.32 Å². The lowest BCUT2D eigenvalue weighted by Crippen LogP contribution is -2.08. The summed E-state index contributed by atoms with van der Waals surface area (Å²) >= 11 is 0. The smallest absolute Gasteiger partial charge is 0.0958 e. The standard InChI is InChI=1S/C3H9NO.2C3H8O/c1-4-3-5-2;2*1-3-4-2/h4H,3H2,1-2H3;2*3H2,1-2H3. The van der Waals surface area contributed by atoms with Crippen molar-refractivity contribution in [1.82, 2.24) is 5.32 Å². The Hall–Kier alpha value is -0.160. The Morgan fingerprint density at radius 2 is 1.15 bits per heavy atom. The molecule has 84 valence electrons. The summed E-state index contributed by atoms with van der Waals surface area (Å²) < 4.78 is 13.7. The van der Waals surface area contributed by atoms with Crippen molar-refractivity contribution >= 4 is 0 Å². The summed E-state index contributed by atoms with van der Waals surface area (Å²) in [6.45, 7) is 6.19. The zero-order valence-electron chi connectivity index (χ0n) is 9.85. The molecule has 0 aliphatic carbocycles. The highest BCUT2D eigenvalue weighted by atomic mass is 16.5. The summed E-state index contributed by atoms with van der Waals surface area (Å²) in [5, 5.41) is 2.80. The molecule has 13 heavy (non-hydrogen) atoms. The lowest BCUT2D eigenvalue weighted by molar-refractivity contribution is 0.183. The van der Waals surface area contributed by atoms with Crippen LogP contribution >= 0.6 is 0 Å². The van der Waals surface area contributed by atoms with Crippen molar-refractivity contribution in [1.29, 1.82) is 0 Å². The van der Waals surface area contributed by atoms with Crippen molar-refractivity contribution in [2.75, 3.05) is 48.3 Å². The normalized spacial score (nSPS) is 7.85. The molecule has 0 rings (SSSR count). The first kappa shape index (κ1) is 18.6. The SMILES string of the molecule is CCOC.CCOC.CNCOC. The molecule has 0 unspecified atom stereocenters. The van der Waals surface area contributed by atoms with E-state index in [-0.39, 0.29) is 0 Å². The molecule has 4 nitrogen and oxygen atoms in total. The van der Waals surface area contributed by atoms with Gasteiger partial charge in [0.1, 0.15) is 0 Å². The quantitative estimate of drug-likeness (QED) is 0.682. The maximum absolute atomic E-state index is 4.58. The monoisotopic (exact) mass is 195 g/mol. The van der Waals surface area contributed by atoms with E-state index in [0.29, 0.717) is 6.73 Å². The van der Waals surface area contributed by atoms with E-state index in [1.54, 1.807) is 21.3 Å². The van der Waals surface area contributed by atoms with E-state index in [0.717, 1.165) is 13.2 Å². The fourth-order valence-electron chi connectivity index (χ4n) is 0.144. The number of methoxy groups -OCH3 is 3. The van der Waals surface area contributed by atoms with Crippen LogP contribution in [0.25, 0.3) is 0 Å². The molecule has 0 heterocycles. The second-order valence-electron chi connectivity index (χ2n) is 1.94. The predicted molar refractivity (Wildman–Crippen MR) is 56.0 cm³/mol. The second-order valence-corrected chi connectivity index (χ2v) is 1.94. The van der Waals surface area contributed by atoms with Gasteiger partial charge in [-0.15, -0.1) is 0 Å². The first-order valence-electron chi connectivity index (χ1n) is 4.36. The minimum absolute atomic E-state index is 0.639. The zero-order valence-corrected chi connectivity index (χ0v) is 9.85. The molecule has 0 aromatic heterocycles. The second kappa shape index (κ2) is 29.7. The first-order valence-corrected chi connectivity index (χ1v) is 4.36. The highest BCUT2D eigenvalue weighted by Crippen LogP contribution is 1.52. The summed E-state index contributed by atoms with van der Waals surface area (Å²) in [4.78, 5) is 0. The van der Waals surface area contributed by atoms with Gasteiger partial charge in [-0.25, -0.2) is 0 Å². The van der Waals surface area contributed by atoms with Crippen molar-refractivity contribution in [3.8, 4) is 0 Å². The molecule has 0 saturated carbocycles. The maximum Gasteiger partial charge on any atom is 0.0958 e. The third-order valence-corrected chi connectivity index (χ3v) is 0.866. The third kappa shape index (κ3) is 77.7. The largest absolute Gasteiger partial charge is 0.385 e. The van der Waals surface area contributed by atoms with Crippen LogP contribution in [0.3, 0.4) is 0 Å². The molecule has 0 radical (unpaired) electrons. The average Bonchev–Trinajstić information content (AvgIpc) is 2.20. The van der Waals surface area contributed by atoms with Crippen LogP contribution in [0.4, 0.5) is 0 Å². The molecule has 0 aromatic carbocycles. The van der Waals surface area contributed by atoms with Gasteiger partial charge in [0.15, 0.2) is 0 Å². The van der Waals surface area contributed by atoms with Crippen LogP contribution in [0.15, 0.2) is 0 Å². The molecule has 0 spiro atoms. The Labute approximate surface area is 82.6 Å². The van der Waals surface area contributed by atoms with Gasteiger partial charge in [0, 0.05) is 34.5 Å². The summed E-state index contributed by atoms with van der Waals surface area (Å²) in [5.74, 6) is 0. The molecule has 0 aliphatic heterocycles. The summed E-state index contributed by atoms with van der Waals surface area (Å²) in [5.41, 5.74) is 0. The molecule has 0 amide bonds. The van der Waals surface area contributed by atoms with Crippen LogP contribution in [0.1, 0.15) is 13.8 Å². The van der Waals surface area contributed by atoms with Gasteiger partial charge < -0.3 is 14.2 Å². The molecule has 0 aromatic rings. The average molecular weight is 195 g/mol. The van der Waals surface area contributed by atoms with Gasteiger partial charge >= 0.3 is 0 Å². The first-order chi connectivity index (χ1) is 6.24. The van der Waals surface area contributed by atoms with Crippen LogP contribution in [0.2, 0.25) is 0 Å². The molecule has 4 heteroatoms. The zero-order chi connectivity index (χ0) is 10.9. The summed E-state index contributed by atoms with van der Waals surface area (Å²) in [6.07, 6.45) is 0. The van der Waals surface area contributed by atoms with Crippen LogP contribution in [-0.4, -0.2) is 48.3 Å². The summed E-state index contributed by atoms with van der Waals surface area (Å²) in [6, 6.07) is 0. The van der Waals surface area contributed by atoms with Crippen molar-refractivity contribution in [3.63, 3.8) is 0 Å². The fourth-order valence-corrected chi connectivity index (χ4v) is 0.144. The minimum Gasteiger partial charge on any atom is -0.385 e. The van der Waals surface area contributed by atoms with Gasteiger partial charge in [-0.2, -0.15) is 0 Å². The Morgan fingerprint density at radius 3 is 1.15 bits per heavy atom. The van der Waals surface area contributed by atoms with Crippen LogP contribution < -0.4 is 5.32 Å². The number of rotatable bonds is 4. The molecule has 0 aliphatic rings. The van der Waals surface area contributed by atoms with Crippen molar-refractivity contribution in [2.45, 2.75) is 13.8 Å². The third-order valence-electron chi connectivity index (χ3n) is 0.866. The van der Waals surface area contributed by atoms with E-state index in [4.69, 9.17) is 0 Å². The van der Waals surface area contributed by atoms with Crippen molar-refractivity contribution < 1.29 is 14.2 Å². The number of hydrogen-bond acceptors (Lipinski definition) is 4. The van der Waals surface area contributed by atoms with E-state index in [1.165, 1.54) is 0 Å². The van der Waals surface area contributed by atoms with E-state index in [2.05, 4.69) is 19.5 Å². The topological polar surface area (TPSA) is 39.7 Å². The van der Waals surface area contributed by atoms with E-state index < -0.39 is 0 Å². The van der Waals surface area contributed by atoms with Crippen LogP contribution in [-0.2, 0) is 14.2 Å². The Morgan fingerprint density at radius 1 is 0.846 bits per heavy atom. The predicted octanol–water partition coefficient (Wildman–Crippen LogP) is 1.12. The highest BCUT2D eigenvalue weighted by molar-refractivity contribution is 4.08. The van der Waals surface area contributed by atoms with E-state index >= 15 is 0 Å². The fraction of sp³-hybridized carbons (Fsp3) is 1.00. The molecule has 1 N–H and O–H groups in total. The van der Waals surface area contributed by atoms with Crippen molar-refractivity contribution in [2.24, 2.45) is 0 Å². The lowest BCUT2D eigenvalue weighted by Gasteiger charge is -1.88. The van der Waals surface area contributed by atoms with Crippen LogP contribution in [0.5, 0.6) is 0 Å².